The van der Waals surface area contributed by atoms with E-state index < -0.39 is 24.0 Å². The van der Waals surface area contributed by atoms with Crippen LogP contribution in [0.1, 0.15) is 6.92 Å². The van der Waals surface area contributed by atoms with Crippen LogP contribution in [-0.4, -0.2) is 50.0 Å². The minimum absolute atomic E-state index is 0.00267. The second-order valence-corrected chi connectivity index (χ2v) is 6.05. The SMILES string of the molecule is COC(=O)CSc1ccc(N2C[C@H](CNC(C)=O)OC2=O)cc1F. The summed E-state index contributed by atoms with van der Waals surface area (Å²) >= 11 is 1.01. The minimum Gasteiger partial charge on any atom is -0.468 e. The Morgan fingerprint density at radius 2 is 2.25 bits per heavy atom. The summed E-state index contributed by atoms with van der Waals surface area (Å²) in [5, 5.41) is 2.57. The minimum atomic E-state index is -0.597. The number of carbonyl (C=O) groups is 3. The first kappa shape index (κ1) is 18.1. The summed E-state index contributed by atoms with van der Waals surface area (Å²) in [7, 11) is 1.26. The van der Waals surface area contributed by atoms with Crippen LogP contribution in [0.3, 0.4) is 0 Å². The molecular weight excluding hydrogens is 339 g/mol. The lowest BCUT2D eigenvalue weighted by molar-refractivity contribution is -0.137. The van der Waals surface area contributed by atoms with E-state index in [1.165, 1.54) is 31.1 Å². The van der Waals surface area contributed by atoms with Crippen molar-refractivity contribution in [1.82, 2.24) is 5.32 Å². The molecule has 1 saturated heterocycles. The van der Waals surface area contributed by atoms with E-state index in [1.54, 1.807) is 6.07 Å². The fraction of sp³-hybridized carbons (Fsp3) is 0.400. The van der Waals surface area contributed by atoms with Gasteiger partial charge < -0.3 is 14.8 Å². The molecule has 0 radical (unpaired) electrons. The molecule has 24 heavy (non-hydrogen) atoms. The molecule has 0 aliphatic carbocycles. The molecule has 1 aliphatic heterocycles. The zero-order valence-electron chi connectivity index (χ0n) is 13.2. The van der Waals surface area contributed by atoms with Gasteiger partial charge in [0.15, 0.2) is 0 Å². The van der Waals surface area contributed by atoms with Crippen molar-refractivity contribution in [2.45, 2.75) is 17.9 Å². The molecule has 7 nitrogen and oxygen atoms in total. The molecule has 1 heterocycles. The van der Waals surface area contributed by atoms with Crippen LogP contribution >= 0.6 is 11.8 Å². The number of anilines is 1. The zero-order chi connectivity index (χ0) is 17.7. The fourth-order valence-electron chi connectivity index (χ4n) is 2.07. The lowest BCUT2D eigenvalue weighted by Crippen LogP contribution is -2.33. The number of amides is 2. The molecule has 2 amide bonds. The van der Waals surface area contributed by atoms with Crippen molar-refractivity contribution in [3.05, 3.63) is 24.0 Å². The molecule has 1 N–H and O–H groups in total. The highest BCUT2D eigenvalue weighted by Gasteiger charge is 2.32. The number of hydrogen-bond donors (Lipinski definition) is 1. The highest BCUT2D eigenvalue weighted by Crippen LogP contribution is 2.28. The Labute approximate surface area is 142 Å². The van der Waals surface area contributed by atoms with Crippen LogP contribution in [0.2, 0.25) is 0 Å². The number of cyclic esters (lactones) is 1. The quantitative estimate of drug-likeness (QED) is 0.615. The summed E-state index contributed by atoms with van der Waals surface area (Å²) in [6.45, 7) is 1.79. The van der Waals surface area contributed by atoms with Crippen molar-refractivity contribution < 1.29 is 28.2 Å². The maximum atomic E-state index is 14.1. The number of ether oxygens (including phenoxy) is 2. The molecule has 0 unspecified atom stereocenters. The molecular formula is C15H17FN2O5S. The van der Waals surface area contributed by atoms with Crippen LogP contribution in [0.4, 0.5) is 14.9 Å². The van der Waals surface area contributed by atoms with E-state index >= 15 is 0 Å². The number of rotatable bonds is 6. The van der Waals surface area contributed by atoms with Crippen LogP contribution in [0.15, 0.2) is 23.1 Å². The molecule has 1 aromatic rings. The summed E-state index contributed by atoms with van der Waals surface area (Å²) in [5.74, 6) is -1.22. The van der Waals surface area contributed by atoms with Gasteiger partial charge in [0.05, 0.1) is 31.6 Å². The molecule has 2 rings (SSSR count). The second kappa shape index (κ2) is 8.00. The van der Waals surface area contributed by atoms with E-state index in [1.807, 2.05) is 0 Å². The molecule has 0 spiro atoms. The van der Waals surface area contributed by atoms with Gasteiger partial charge in [0.1, 0.15) is 11.9 Å². The van der Waals surface area contributed by atoms with Gasteiger partial charge in [-0.2, -0.15) is 0 Å². The first-order valence-electron chi connectivity index (χ1n) is 7.12. The van der Waals surface area contributed by atoms with Gasteiger partial charge in [-0.05, 0) is 18.2 Å². The van der Waals surface area contributed by atoms with Crippen molar-refractivity contribution in [2.24, 2.45) is 0 Å². The Balaban J connectivity index is 2.01. The molecule has 9 heteroatoms. The van der Waals surface area contributed by atoms with Crippen molar-refractivity contribution in [3.63, 3.8) is 0 Å². The number of esters is 1. The zero-order valence-corrected chi connectivity index (χ0v) is 14.0. The van der Waals surface area contributed by atoms with E-state index in [2.05, 4.69) is 10.1 Å². The first-order valence-corrected chi connectivity index (χ1v) is 8.11. The fourth-order valence-corrected chi connectivity index (χ4v) is 2.82. The monoisotopic (exact) mass is 356 g/mol. The predicted octanol–water partition coefficient (Wildman–Crippen LogP) is 1.55. The van der Waals surface area contributed by atoms with Crippen LogP contribution in [0.5, 0.6) is 0 Å². The van der Waals surface area contributed by atoms with Crippen LogP contribution in [0, 0.1) is 5.82 Å². The number of nitrogens with zero attached hydrogens (tertiary/aromatic N) is 1. The molecule has 1 aromatic carbocycles. The molecule has 0 bridgehead atoms. The van der Waals surface area contributed by atoms with E-state index in [-0.39, 0.29) is 29.6 Å². The average molecular weight is 356 g/mol. The number of methoxy groups -OCH3 is 1. The van der Waals surface area contributed by atoms with E-state index in [0.717, 1.165) is 11.8 Å². The van der Waals surface area contributed by atoms with Crippen LogP contribution in [0.25, 0.3) is 0 Å². The van der Waals surface area contributed by atoms with Crippen molar-refractivity contribution in [1.29, 1.82) is 0 Å². The number of thioether (sulfide) groups is 1. The number of carbonyl (C=O) groups excluding carboxylic acids is 3. The van der Waals surface area contributed by atoms with Crippen molar-refractivity contribution in [3.8, 4) is 0 Å². The van der Waals surface area contributed by atoms with E-state index in [4.69, 9.17) is 4.74 Å². The molecule has 1 fully saturated rings. The standard InChI is InChI=1S/C15H17FN2O5S/c1-9(19)17-6-11-7-18(15(21)23-11)10-3-4-13(12(16)5-10)24-8-14(20)22-2/h3-5,11H,6-8H2,1-2H3,(H,17,19)/t11-/m0/s1. The average Bonchev–Trinajstić information content (AvgIpc) is 2.92. The lowest BCUT2D eigenvalue weighted by Gasteiger charge is -2.14. The van der Waals surface area contributed by atoms with E-state index in [0.29, 0.717) is 5.69 Å². The van der Waals surface area contributed by atoms with Gasteiger partial charge in [0.2, 0.25) is 5.91 Å². The number of hydrogen-bond acceptors (Lipinski definition) is 6. The Kier molecular flexibility index (Phi) is 6.02. The van der Waals surface area contributed by atoms with Gasteiger partial charge in [0, 0.05) is 11.8 Å². The first-order chi connectivity index (χ1) is 11.4. The predicted molar refractivity (Wildman–Crippen MR) is 85.4 cm³/mol. The maximum absolute atomic E-state index is 14.1. The second-order valence-electron chi connectivity index (χ2n) is 5.03. The normalized spacial score (nSPS) is 16.7. The summed E-state index contributed by atoms with van der Waals surface area (Å²) in [6.07, 6.45) is -1.09. The van der Waals surface area contributed by atoms with Crippen molar-refractivity contribution in [2.75, 3.05) is 30.9 Å². The highest BCUT2D eigenvalue weighted by atomic mass is 32.2. The van der Waals surface area contributed by atoms with Crippen LogP contribution < -0.4 is 10.2 Å². The third kappa shape index (κ3) is 4.60. The van der Waals surface area contributed by atoms with Gasteiger partial charge in [-0.15, -0.1) is 11.8 Å². The highest BCUT2D eigenvalue weighted by molar-refractivity contribution is 8.00. The largest absolute Gasteiger partial charge is 0.468 e. The molecule has 1 atom stereocenters. The number of benzene rings is 1. The van der Waals surface area contributed by atoms with Gasteiger partial charge in [-0.3, -0.25) is 14.5 Å². The van der Waals surface area contributed by atoms with Gasteiger partial charge in [-0.1, -0.05) is 0 Å². The van der Waals surface area contributed by atoms with Gasteiger partial charge >= 0.3 is 12.1 Å². The lowest BCUT2D eigenvalue weighted by atomic mass is 10.2. The molecule has 1 aliphatic rings. The third-order valence-corrected chi connectivity index (χ3v) is 4.28. The summed E-state index contributed by atoms with van der Waals surface area (Å²) in [6, 6.07) is 4.28. The molecule has 0 saturated carbocycles. The number of halogens is 1. The molecule has 130 valence electrons. The van der Waals surface area contributed by atoms with Gasteiger partial charge in [-0.25, -0.2) is 9.18 Å². The Morgan fingerprint density at radius 3 is 2.88 bits per heavy atom. The Bertz CT molecular complexity index is 655. The van der Waals surface area contributed by atoms with Gasteiger partial charge in [0.25, 0.3) is 0 Å². The summed E-state index contributed by atoms with van der Waals surface area (Å²) in [5.41, 5.74) is 0.352. The van der Waals surface area contributed by atoms with Crippen LogP contribution in [-0.2, 0) is 19.1 Å². The Morgan fingerprint density at radius 1 is 1.50 bits per heavy atom. The third-order valence-electron chi connectivity index (χ3n) is 3.25. The van der Waals surface area contributed by atoms with E-state index in [9.17, 15) is 18.8 Å². The summed E-state index contributed by atoms with van der Waals surface area (Å²) in [4.78, 5) is 35.5. The number of nitrogens with one attached hydrogen (secondary N) is 1. The maximum Gasteiger partial charge on any atom is 0.414 e. The topological polar surface area (TPSA) is 84.9 Å². The Hall–Kier alpha value is -2.29. The summed E-state index contributed by atoms with van der Waals surface area (Å²) < 4.78 is 23.8. The smallest absolute Gasteiger partial charge is 0.414 e. The molecule has 0 aromatic heterocycles. The van der Waals surface area contributed by atoms with Crippen molar-refractivity contribution >= 4 is 35.4 Å².